The molecule has 2 rings (SSSR count). The topological polar surface area (TPSA) is 118 Å². The molecule has 2 amide bonds. The van der Waals surface area contributed by atoms with Gasteiger partial charge < -0.3 is 24.4 Å². The lowest BCUT2D eigenvalue weighted by Gasteiger charge is -2.22. The molecule has 0 radical (unpaired) electrons. The molecule has 0 bridgehead atoms. The quantitative estimate of drug-likeness (QED) is 0.534. The zero-order valence-electron chi connectivity index (χ0n) is 18.0. The predicted octanol–water partition coefficient (Wildman–Crippen LogP) is 2.31. The Morgan fingerprint density at radius 2 is 1.81 bits per heavy atom. The van der Waals surface area contributed by atoms with Crippen LogP contribution in [0.2, 0.25) is 0 Å². The van der Waals surface area contributed by atoms with Crippen molar-refractivity contribution in [1.29, 1.82) is 5.26 Å². The number of hydrogen-bond donors (Lipinski definition) is 1. The van der Waals surface area contributed by atoms with Gasteiger partial charge in [0.25, 0.3) is 11.8 Å². The van der Waals surface area contributed by atoms with E-state index in [9.17, 15) is 14.4 Å². The first-order valence-electron chi connectivity index (χ1n) is 9.97. The predicted molar refractivity (Wildman–Crippen MR) is 116 cm³/mol. The highest BCUT2D eigenvalue weighted by molar-refractivity contribution is 5.99. The smallest absolute Gasteiger partial charge is 0.325 e. The highest BCUT2D eigenvalue weighted by Crippen LogP contribution is 2.20. The molecular weight excluding hydrogens is 414 g/mol. The molecule has 168 valence electrons. The molecule has 0 saturated heterocycles. The number of carbonyl (C=O) groups is 3. The van der Waals surface area contributed by atoms with Gasteiger partial charge in [0.05, 0.1) is 31.8 Å². The zero-order valence-corrected chi connectivity index (χ0v) is 18.0. The van der Waals surface area contributed by atoms with Gasteiger partial charge in [-0.05, 0) is 43.3 Å². The molecule has 0 unspecified atom stereocenters. The van der Waals surface area contributed by atoms with E-state index >= 15 is 0 Å². The first-order valence-corrected chi connectivity index (χ1v) is 9.97. The number of amides is 2. The maximum absolute atomic E-state index is 12.6. The van der Waals surface area contributed by atoms with Crippen molar-refractivity contribution in [2.45, 2.75) is 13.3 Å². The number of nitrogens with one attached hydrogen (secondary N) is 1. The van der Waals surface area contributed by atoms with Crippen LogP contribution in [0.4, 0.5) is 5.69 Å². The fourth-order valence-corrected chi connectivity index (χ4v) is 2.80. The maximum Gasteiger partial charge on any atom is 0.325 e. The van der Waals surface area contributed by atoms with Crippen LogP contribution in [-0.2, 0) is 14.3 Å². The number of nitriles is 1. The van der Waals surface area contributed by atoms with Crippen molar-refractivity contribution in [3.05, 3.63) is 54.1 Å². The van der Waals surface area contributed by atoms with E-state index < -0.39 is 30.9 Å². The summed E-state index contributed by atoms with van der Waals surface area (Å²) in [7, 11) is 1.44. The van der Waals surface area contributed by atoms with Gasteiger partial charge in [0.15, 0.2) is 6.61 Å². The summed E-state index contributed by atoms with van der Waals surface area (Å²) < 4.78 is 15.5. The summed E-state index contributed by atoms with van der Waals surface area (Å²) in [6.07, 6.45) is 0.113. The van der Waals surface area contributed by atoms with Crippen LogP contribution in [0.1, 0.15) is 23.7 Å². The first-order chi connectivity index (χ1) is 15.5. The average molecular weight is 439 g/mol. The third-order valence-electron chi connectivity index (χ3n) is 4.31. The van der Waals surface area contributed by atoms with Crippen LogP contribution in [0, 0.1) is 11.3 Å². The fraction of sp³-hybridized carbons (Fsp3) is 0.304. The van der Waals surface area contributed by atoms with E-state index in [1.54, 1.807) is 48.5 Å². The summed E-state index contributed by atoms with van der Waals surface area (Å²) in [6.45, 7) is 1.59. The molecule has 2 aromatic rings. The van der Waals surface area contributed by atoms with Crippen molar-refractivity contribution in [1.82, 2.24) is 5.32 Å². The number of esters is 1. The second-order valence-electron chi connectivity index (χ2n) is 6.42. The number of nitrogens with zero attached hydrogens (tertiary/aromatic N) is 2. The van der Waals surface area contributed by atoms with Crippen LogP contribution in [0.15, 0.2) is 48.5 Å². The average Bonchev–Trinajstić information content (AvgIpc) is 2.82. The minimum absolute atomic E-state index is 0.113. The van der Waals surface area contributed by atoms with Crippen LogP contribution in [0.5, 0.6) is 11.5 Å². The van der Waals surface area contributed by atoms with Gasteiger partial charge in [-0.2, -0.15) is 5.26 Å². The van der Waals surface area contributed by atoms with Crippen LogP contribution >= 0.6 is 0 Å². The molecule has 1 N–H and O–H groups in total. The molecule has 0 aromatic heterocycles. The third-order valence-corrected chi connectivity index (χ3v) is 4.31. The van der Waals surface area contributed by atoms with Gasteiger partial charge in [-0.1, -0.05) is 12.1 Å². The Morgan fingerprint density at radius 1 is 1.09 bits per heavy atom. The molecule has 9 nitrogen and oxygen atoms in total. The lowest BCUT2D eigenvalue weighted by Crippen LogP contribution is -2.37. The number of ether oxygens (including phenoxy) is 3. The van der Waals surface area contributed by atoms with Crippen molar-refractivity contribution >= 4 is 23.5 Å². The Bertz CT molecular complexity index is 968. The van der Waals surface area contributed by atoms with Crippen molar-refractivity contribution in [3.8, 4) is 17.6 Å². The normalized spacial score (nSPS) is 9.91. The number of methoxy groups -OCH3 is 1. The fourth-order valence-electron chi connectivity index (χ4n) is 2.80. The molecule has 0 aliphatic carbocycles. The zero-order chi connectivity index (χ0) is 23.3. The van der Waals surface area contributed by atoms with Gasteiger partial charge in [-0.3, -0.25) is 14.4 Å². The Morgan fingerprint density at radius 3 is 2.47 bits per heavy atom. The number of hydrogen-bond acceptors (Lipinski definition) is 7. The standard InChI is InChI=1S/C23H25N3O6/c1-3-31-18-11-9-17(10-12-18)26(14-6-13-24)21(27)16-32-22(28)15-25-23(29)19-7-4-5-8-20(19)30-2/h4-5,7-12H,3,6,14-16H2,1-2H3,(H,25,29). The SMILES string of the molecule is CCOc1ccc(N(CCC#N)C(=O)COC(=O)CNC(=O)c2ccccc2OC)cc1. The van der Waals surface area contributed by atoms with Gasteiger partial charge in [0.1, 0.15) is 18.0 Å². The summed E-state index contributed by atoms with van der Waals surface area (Å²) in [5.74, 6) is -0.740. The minimum Gasteiger partial charge on any atom is -0.496 e. The highest BCUT2D eigenvalue weighted by atomic mass is 16.5. The molecule has 0 fully saturated rings. The lowest BCUT2D eigenvalue weighted by atomic mass is 10.2. The molecule has 32 heavy (non-hydrogen) atoms. The van der Waals surface area contributed by atoms with Crippen molar-refractivity contribution in [2.75, 3.05) is 38.3 Å². The van der Waals surface area contributed by atoms with Crippen molar-refractivity contribution < 1.29 is 28.6 Å². The van der Waals surface area contributed by atoms with Gasteiger partial charge in [0.2, 0.25) is 0 Å². The first kappa shape index (κ1) is 24.2. The maximum atomic E-state index is 12.6. The van der Waals surface area contributed by atoms with Crippen LogP contribution in [0.3, 0.4) is 0 Å². The van der Waals surface area contributed by atoms with Crippen LogP contribution < -0.4 is 19.7 Å². The lowest BCUT2D eigenvalue weighted by molar-refractivity contribution is -0.146. The summed E-state index contributed by atoms with van der Waals surface area (Å²) in [5.41, 5.74) is 0.825. The number of carbonyl (C=O) groups excluding carboxylic acids is 3. The Hall–Kier alpha value is -4.06. The van der Waals surface area contributed by atoms with E-state index in [0.717, 1.165) is 0 Å². The highest BCUT2D eigenvalue weighted by Gasteiger charge is 2.19. The Kier molecular flexibility index (Phi) is 9.53. The second kappa shape index (κ2) is 12.6. The summed E-state index contributed by atoms with van der Waals surface area (Å²) in [6, 6.07) is 15.4. The molecule has 0 aliphatic heterocycles. The van der Waals surface area contributed by atoms with E-state index in [1.165, 1.54) is 12.0 Å². The van der Waals surface area contributed by atoms with E-state index in [1.807, 2.05) is 13.0 Å². The number of benzene rings is 2. The number of para-hydroxylation sites is 1. The Balaban J connectivity index is 1.91. The van der Waals surface area contributed by atoms with E-state index in [4.69, 9.17) is 19.5 Å². The van der Waals surface area contributed by atoms with Gasteiger partial charge in [-0.25, -0.2) is 0 Å². The second-order valence-corrected chi connectivity index (χ2v) is 6.42. The summed E-state index contributed by atoms with van der Waals surface area (Å²) in [5, 5.41) is 11.3. The largest absolute Gasteiger partial charge is 0.496 e. The molecule has 0 saturated carbocycles. The molecule has 2 aromatic carbocycles. The van der Waals surface area contributed by atoms with Gasteiger partial charge >= 0.3 is 5.97 Å². The van der Waals surface area contributed by atoms with E-state index in [2.05, 4.69) is 5.32 Å². The van der Waals surface area contributed by atoms with E-state index in [-0.39, 0.29) is 18.5 Å². The number of rotatable bonds is 11. The van der Waals surface area contributed by atoms with Gasteiger partial charge in [-0.15, -0.1) is 0 Å². The number of anilines is 1. The minimum atomic E-state index is -0.770. The molecular formula is C23H25N3O6. The molecule has 0 atom stereocenters. The molecule has 0 aliphatic rings. The molecule has 0 heterocycles. The monoisotopic (exact) mass is 439 g/mol. The van der Waals surface area contributed by atoms with Gasteiger partial charge in [0, 0.05) is 12.2 Å². The molecule has 9 heteroatoms. The molecule has 0 spiro atoms. The Labute approximate surface area is 186 Å². The van der Waals surface area contributed by atoms with Crippen molar-refractivity contribution in [3.63, 3.8) is 0 Å². The third kappa shape index (κ3) is 7.02. The van der Waals surface area contributed by atoms with Crippen LogP contribution in [-0.4, -0.2) is 51.2 Å². The summed E-state index contributed by atoms with van der Waals surface area (Å²) in [4.78, 5) is 38.2. The van der Waals surface area contributed by atoms with Crippen molar-refractivity contribution in [2.24, 2.45) is 0 Å². The van der Waals surface area contributed by atoms with Crippen LogP contribution in [0.25, 0.3) is 0 Å². The van der Waals surface area contributed by atoms with E-state index in [0.29, 0.717) is 23.8 Å². The summed E-state index contributed by atoms with van der Waals surface area (Å²) >= 11 is 0.